The van der Waals surface area contributed by atoms with E-state index < -0.39 is 35.9 Å². The average Bonchev–Trinajstić information content (AvgIpc) is 2.76. The van der Waals surface area contributed by atoms with Gasteiger partial charge in [0, 0.05) is 6.21 Å². The molecule has 0 bridgehead atoms. The fraction of sp³-hybridized carbons (Fsp3) is 0.905. The molecule has 5 N–H and O–H groups in total. The molecule has 0 aliphatic carbocycles. The summed E-state index contributed by atoms with van der Waals surface area (Å²) in [6.45, 7) is 7.07. The first kappa shape index (κ1) is 26.3. The lowest BCUT2D eigenvalue weighted by Gasteiger charge is -2.44. The van der Waals surface area contributed by atoms with Crippen LogP contribution in [0.25, 0.3) is 0 Å². The molecule has 0 radical (unpaired) electrons. The third kappa shape index (κ3) is 7.30. The van der Waals surface area contributed by atoms with Gasteiger partial charge in [-0.3, -0.25) is 4.79 Å². The van der Waals surface area contributed by atoms with E-state index in [4.69, 9.17) is 9.57 Å². The second-order valence-corrected chi connectivity index (χ2v) is 9.57. The summed E-state index contributed by atoms with van der Waals surface area (Å²) < 4.78 is 5.89. The molecular formula is C21H39N3O6S. The number of thioether (sulfide) groups is 1. The van der Waals surface area contributed by atoms with E-state index in [2.05, 4.69) is 15.8 Å². The molecule has 180 valence electrons. The zero-order chi connectivity index (χ0) is 23.0. The number of carbonyl (C=O) groups is 1. The molecule has 2 aliphatic rings. The number of ether oxygens (including phenoxy) is 1. The number of rotatable bonds is 10. The Labute approximate surface area is 189 Å². The highest BCUT2D eigenvalue weighted by atomic mass is 32.2. The van der Waals surface area contributed by atoms with Crippen molar-refractivity contribution in [1.29, 1.82) is 0 Å². The first-order valence-corrected chi connectivity index (χ1v) is 12.5. The summed E-state index contributed by atoms with van der Waals surface area (Å²) in [6.07, 6.45) is 2.42. The number of hydrogen-bond acceptors (Lipinski definition) is 9. The predicted octanol–water partition coefficient (Wildman–Crippen LogP) is 0.469. The molecule has 0 aromatic rings. The number of hydrogen-bond donors (Lipinski definition) is 5. The van der Waals surface area contributed by atoms with Crippen LogP contribution < -0.4 is 10.6 Å². The van der Waals surface area contributed by atoms with Gasteiger partial charge >= 0.3 is 0 Å². The molecule has 10 heteroatoms. The summed E-state index contributed by atoms with van der Waals surface area (Å²) in [5.41, 5.74) is -0.669. The van der Waals surface area contributed by atoms with E-state index in [0.717, 1.165) is 32.2 Å². The first-order valence-electron chi connectivity index (χ1n) is 11.2. The molecule has 31 heavy (non-hydrogen) atoms. The van der Waals surface area contributed by atoms with Gasteiger partial charge in [-0.1, -0.05) is 19.0 Å². The summed E-state index contributed by atoms with van der Waals surface area (Å²) >= 11 is 1.26. The predicted molar refractivity (Wildman–Crippen MR) is 121 cm³/mol. The number of piperidine rings is 1. The SMILES string of the molecule is CCON=CCC[C@@H]1CCN[C@H](C(=O)N[C@H](C(C)C)[C@H]2O[C@H](SC)[C@H](O)[C@@H](O)[C@H]2O)C1. The van der Waals surface area contributed by atoms with E-state index in [-0.39, 0.29) is 17.9 Å². The minimum absolute atomic E-state index is 0.0392. The van der Waals surface area contributed by atoms with Crippen molar-refractivity contribution in [2.24, 2.45) is 17.0 Å². The van der Waals surface area contributed by atoms with Gasteiger partial charge in [0.25, 0.3) is 0 Å². The van der Waals surface area contributed by atoms with Crippen molar-refractivity contribution in [1.82, 2.24) is 10.6 Å². The standard InChI is InChI=1S/C21H39N3O6S/c1-5-29-23-9-6-7-13-8-10-22-14(11-13)20(28)24-15(12(2)3)19-17(26)16(25)18(27)21(30-19)31-4/h9,12-19,21-22,25-27H,5-8,10-11H2,1-4H3,(H,24,28)/t13-,14+,15-,16+,17-,18-,19-,21-/m1/s1. The van der Waals surface area contributed by atoms with Gasteiger partial charge in [-0.25, -0.2) is 0 Å². The first-order chi connectivity index (χ1) is 14.8. The molecule has 2 rings (SSSR count). The molecule has 0 aromatic carbocycles. The van der Waals surface area contributed by atoms with E-state index in [9.17, 15) is 20.1 Å². The maximum atomic E-state index is 13.0. The normalized spacial score (nSPS) is 35.3. The van der Waals surface area contributed by atoms with Crippen LogP contribution in [0.4, 0.5) is 0 Å². The van der Waals surface area contributed by atoms with E-state index in [1.165, 1.54) is 11.8 Å². The maximum absolute atomic E-state index is 13.0. The number of nitrogens with one attached hydrogen (secondary N) is 2. The quantitative estimate of drug-likeness (QED) is 0.234. The molecule has 0 aromatic heterocycles. The number of aliphatic hydroxyl groups excluding tert-OH is 3. The zero-order valence-electron chi connectivity index (χ0n) is 18.9. The summed E-state index contributed by atoms with van der Waals surface area (Å²) in [4.78, 5) is 18.0. The Balaban J connectivity index is 1.97. The van der Waals surface area contributed by atoms with Crippen LogP contribution in [0.1, 0.15) is 46.5 Å². The van der Waals surface area contributed by atoms with Crippen molar-refractivity contribution in [3.05, 3.63) is 0 Å². The molecule has 0 spiro atoms. The Hall–Kier alpha value is -0.910. The summed E-state index contributed by atoms with van der Waals surface area (Å²) in [6, 6.07) is -0.823. The van der Waals surface area contributed by atoms with Gasteiger partial charge in [0.1, 0.15) is 36.5 Å². The number of carbonyl (C=O) groups excluding carboxylic acids is 1. The van der Waals surface area contributed by atoms with Gasteiger partial charge in [0.05, 0.1) is 12.1 Å². The average molecular weight is 462 g/mol. The van der Waals surface area contributed by atoms with E-state index >= 15 is 0 Å². The molecule has 2 heterocycles. The molecule has 1 amide bonds. The Morgan fingerprint density at radius 1 is 1.32 bits per heavy atom. The van der Waals surface area contributed by atoms with Crippen LogP contribution in [0.5, 0.6) is 0 Å². The van der Waals surface area contributed by atoms with Gasteiger partial charge in [0.2, 0.25) is 5.91 Å². The number of nitrogens with zero attached hydrogens (tertiary/aromatic N) is 1. The topological polar surface area (TPSA) is 133 Å². The highest BCUT2D eigenvalue weighted by Crippen LogP contribution is 2.30. The van der Waals surface area contributed by atoms with Gasteiger partial charge in [-0.15, -0.1) is 11.8 Å². The monoisotopic (exact) mass is 461 g/mol. The molecule has 2 aliphatic heterocycles. The smallest absolute Gasteiger partial charge is 0.237 e. The van der Waals surface area contributed by atoms with Crippen LogP contribution in [0.2, 0.25) is 0 Å². The Morgan fingerprint density at radius 3 is 2.71 bits per heavy atom. The lowest BCUT2D eigenvalue weighted by atomic mass is 9.86. The molecule has 0 saturated carbocycles. The van der Waals surface area contributed by atoms with Crippen molar-refractivity contribution in [3.8, 4) is 0 Å². The van der Waals surface area contributed by atoms with Crippen molar-refractivity contribution in [2.75, 3.05) is 19.4 Å². The lowest BCUT2D eigenvalue weighted by Crippen LogP contribution is -2.65. The highest BCUT2D eigenvalue weighted by Gasteiger charge is 2.47. The minimum Gasteiger partial charge on any atom is -0.396 e. The van der Waals surface area contributed by atoms with Crippen molar-refractivity contribution in [2.45, 2.75) is 88.4 Å². The number of amides is 1. The largest absolute Gasteiger partial charge is 0.396 e. The molecule has 0 unspecified atom stereocenters. The van der Waals surface area contributed by atoms with Gasteiger partial charge in [-0.2, -0.15) is 0 Å². The fourth-order valence-electron chi connectivity index (χ4n) is 4.21. The maximum Gasteiger partial charge on any atom is 0.237 e. The minimum atomic E-state index is -1.33. The highest BCUT2D eigenvalue weighted by molar-refractivity contribution is 7.99. The summed E-state index contributed by atoms with van der Waals surface area (Å²) in [5.74, 6) is 0.239. The molecule has 2 fully saturated rings. The molecular weight excluding hydrogens is 422 g/mol. The Kier molecular flexibility index (Phi) is 11.0. The van der Waals surface area contributed by atoms with Crippen LogP contribution >= 0.6 is 11.8 Å². The number of aliphatic hydroxyl groups is 3. The Morgan fingerprint density at radius 2 is 2.06 bits per heavy atom. The third-order valence-electron chi connectivity index (χ3n) is 6.03. The van der Waals surface area contributed by atoms with Gasteiger partial charge < -0.3 is 35.5 Å². The summed E-state index contributed by atoms with van der Waals surface area (Å²) in [5, 5.41) is 41.1. The lowest BCUT2D eigenvalue weighted by molar-refractivity contribution is -0.208. The van der Waals surface area contributed by atoms with Gasteiger partial charge in [0.15, 0.2) is 0 Å². The van der Waals surface area contributed by atoms with Crippen LogP contribution in [0.15, 0.2) is 5.16 Å². The second-order valence-electron chi connectivity index (χ2n) is 8.64. The number of oxime groups is 1. The molecule has 8 atom stereocenters. The third-order valence-corrected chi connectivity index (χ3v) is 6.89. The zero-order valence-corrected chi connectivity index (χ0v) is 19.8. The Bertz CT molecular complexity index is 579. The summed E-state index contributed by atoms with van der Waals surface area (Å²) in [7, 11) is 0. The van der Waals surface area contributed by atoms with Gasteiger partial charge in [-0.05, 0) is 57.2 Å². The van der Waals surface area contributed by atoms with Crippen molar-refractivity contribution in [3.63, 3.8) is 0 Å². The molecule has 9 nitrogen and oxygen atoms in total. The fourth-order valence-corrected chi connectivity index (χ4v) is 4.89. The van der Waals surface area contributed by atoms with Crippen molar-refractivity contribution < 1.29 is 29.7 Å². The van der Waals surface area contributed by atoms with Crippen LogP contribution in [-0.4, -0.2) is 88.8 Å². The van der Waals surface area contributed by atoms with E-state index in [0.29, 0.717) is 12.5 Å². The van der Waals surface area contributed by atoms with Crippen LogP contribution in [0, 0.1) is 11.8 Å². The van der Waals surface area contributed by atoms with E-state index in [1.807, 2.05) is 20.8 Å². The van der Waals surface area contributed by atoms with Crippen LogP contribution in [-0.2, 0) is 14.4 Å². The van der Waals surface area contributed by atoms with Crippen LogP contribution in [0.3, 0.4) is 0 Å². The van der Waals surface area contributed by atoms with Crippen molar-refractivity contribution >= 4 is 23.9 Å². The second kappa shape index (κ2) is 13.0. The molecule has 2 saturated heterocycles. The van der Waals surface area contributed by atoms with E-state index in [1.54, 1.807) is 12.5 Å².